The summed E-state index contributed by atoms with van der Waals surface area (Å²) in [6, 6.07) is 17.5. The SMILES string of the molecule is CCOC(=O)c1cccc2c1N(Cc1ccc(-n3cc(Br)cc3C#N)cc1)C(OCC)N2. The minimum Gasteiger partial charge on any atom is -0.462 e. The van der Waals surface area contributed by atoms with E-state index >= 15 is 0 Å². The van der Waals surface area contributed by atoms with Gasteiger partial charge >= 0.3 is 5.97 Å². The molecule has 1 N–H and O–H groups in total. The van der Waals surface area contributed by atoms with Crippen LogP contribution in [0.4, 0.5) is 11.4 Å². The van der Waals surface area contributed by atoms with Crippen molar-refractivity contribution in [2.75, 3.05) is 23.4 Å². The molecule has 1 aliphatic heterocycles. The third-order valence-corrected chi connectivity index (χ3v) is 5.61. The smallest absolute Gasteiger partial charge is 0.340 e. The van der Waals surface area contributed by atoms with Gasteiger partial charge in [-0.1, -0.05) is 18.2 Å². The number of benzene rings is 2. The number of aromatic nitrogens is 1. The molecular weight excluding hydrogens is 472 g/mol. The summed E-state index contributed by atoms with van der Waals surface area (Å²) in [6.45, 7) is 5.10. The number of ether oxygens (including phenoxy) is 2. The van der Waals surface area contributed by atoms with Crippen LogP contribution in [-0.4, -0.2) is 30.1 Å². The Labute approximate surface area is 195 Å². The van der Waals surface area contributed by atoms with E-state index in [1.165, 1.54) is 0 Å². The monoisotopic (exact) mass is 494 g/mol. The van der Waals surface area contributed by atoms with Crippen molar-refractivity contribution in [1.29, 1.82) is 5.26 Å². The molecule has 1 aliphatic rings. The molecule has 0 bridgehead atoms. The van der Waals surface area contributed by atoms with Crippen LogP contribution in [0.5, 0.6) is 0 Å². The van der Waals surface area contributed by atoms with Crippen molar-refractivity contribution in [2.24, 2.45) is 0 Å². The fraction of sp³-hybridized carbons (Fsp3) is 0.250. The van der Waals surface area contributed by atoms with E-state index in [0.29, 0.717) is 31.0 Å². The molecule has 8 heteroatoms. The molecule has 2 heterocycles. The standard InChI is InChI=1S/C24H23BrN4O3/c1-3-31-23(30)20-6-5-7-21-22(20)29(24(27-21)32-4-2)14-16-8-10-18(11-9-16)28-15-17(25)12-19(28)13-26/h5-12,15,24,27H,3-4,14H2,1-2H3. The summed E-state index contributed by atoms with van der Waals surface area (Å²) >= 11 is 3.42. The quantitative estimate of drug-likeness (QED) is 0.463. The highest BCUT2D eigenvalue weighted by Crippen LogP contribution is 2.39. The van der Waals surface area contributed by atoms with Gasteiger partial charge in [0.25, 0.3) is 0 Å². The van der Waals surface area contributed by atoms with Crippen molar-refractivity contribution in [3.8, 4) is 11.8 Å². The number of hydrogen-bond acceptors (Lipinski definition) is 6. The van der Waals surface area contributed by atoms with E-state index in [1.807, 2.05) is 59.0 Å². The van der Waals surface area contributed by atoms with Crippen molar-refractivity contribution < 1.29 is 14.3 Å². The van der Waals surface area contributed by atoms with E-state index < -0.39 is 6.35 Å². The van der Waals surface area contributed by atoms with Crippen molar-refractivity contribution in [3.63, 3.8) is 0 Å². The normalized spacial score (nSPS) is 14.6. The number of carbonyl (C=O) groups is 1. The third-order valence-electron chi connectivity index (χ3n) is 5.17. The van der Waals surface area contributed by atoms with Gasteiger partial charge in [-0.2, -0.15) is 5.26 Å². The molecule has 1 unspecified atom stereocenters. The van der Waals surface area contributed by atoms with Gasteiger partial charge < -0.3 is 24.3 Å². The van der Waals surface area contributed by atoms with Gasteiger partial charge in [0, 0.05) is 29.5 Å². The van der Waals surface area contributed by atoms with E-state index in [4.69, 9.17) is 9.47 Å². The maximum absolute atomic E-state index is 12.6. The molecule has 1 atom stereocenters. The molecule has 0 amide bonds. The van der Waals surface area contributed by atoms with Crippen molar-refractivity contribution in [3.05, 3.63) is 76.0 Å². The highest BCUT2D eigenvalue weighted by atomic mass is 79.9. The Morgan fingerprint density at radius 3 is 2.66 bits per heavy atom. The van der Waals surface area contributed by atoms with E-state index in [-0.39, 0.29) is 5.97 Å². The van der Waals surface area contributed by atoms with Crippen molar-refractivity contribution >= 4 is 33.3 Å². The number of fused-ring (bicyclic) bond motifs is 1. The summed E-state index contributed by atoms with van der Waals surface area (Å²) in [5, 5.41) is 12.7. The lowest BCUT2D eigenvalue weighted by Gasteiger charge is -2.27. The van der Waals surface area contributed by atoms with E-state index in [1.54, 1.807) is 19.1 Å². The van der Waals surface area contributed by atoms with Gasteiger partial charge in [-0.05, 0) is 65.7 Å². The molecule has 0 saturated heterocycles. The molecule has 3 aromatic rings. The average Bonchev–Trinajstić information content (AvgIpc) is 3.34. The fourth-order valence-corrected chi connectivity index (χ4v) is 4.23. The molecule has 7 nitrogen and oxygen atoms in total. The van der Waals surface area contributed by atoms with Crippen LogP contribution in [0.2, 0.25) is 0 Å². The van der Waals surface area contributed by atoms with E-state index in [9.17, 15) is 10.1 Å². The number of nitrogens with zero attached hydrogens (tertiary/aromatic N) is 3. The number of anilines is 2. The first-order chi connectivity index (χ1) is 15.5. The predicted octanol–water partition coefficient (Wildman–Crippen LogP) is 5.04. The molecule has 0 saturated carbocycles. The Balaban J connectivity index is 1.65. The minimum atomic E-state index is -0.393. The highest BCUT2D eigenvalue weighted by molar-refractivity contribution is 9.10. The van der Waals surface area contributed by atoms with Gasteiger partial charge in [-0.25, -0.2) is 4.79 Å². The lowest BCUT2D eigenvalue weighted by Crippen LogP contribution is -2.38. The first-order valence-electron chi connectivity index (χ1n) is 10.4. The van der Waals surface area contributed by atoms with Crippen molar-refractivity contribution in [1.82, 2.24) is 4.57 Å². The Hall–Kier alpha value is -3.28. The maximum atomic E-state index is 12.6. The van der Waals surface area contributed by atoms with Crippen LogP contribution in [0.15, 0.2) is 59.2 Å². The molecule has 164 valence electrons. The number of para-hydroxylation sites is 1. The lowest BCUT2D eigenvalue weighted by atomic mass is 10.1. The third kappa shape index (κ3) is 4.22. The Morgan fingerprint density at radius 1 is 1.19 bits per heavy atom. The first kappa shape index (κ1) is 21.9. The molecule has 4 rings (SSSR count). The number of esters is 1. The van der Waals surface area contributed by atoms with Crippen LogP contribution in [0.1, 0.15) is 35.5 Å². The summed E-state index contributed by atoms with van der Waals surface area (Å²) < 4.78 is 13.9. The van der Waals surface area contributed by atoms with Gasteiger partial charge in [0.15, 0.2) is 0 Å². The maximum Gasteiger partial charge on any atom is 0.340 e. The molecule has 0 spiro atoms. The molecule has 32 heavy (non-hydrogen) atoms. The summed E-state index contributed by atoms with van der Waals surface area (Å²) in [6.07, 6.45) is 1.47. The van der Waals surface area contributed by atoms with Crippen LogP contribution in [-0.2, 0) is 16.0 Å². The van der Waals surface area contributed by atoms with Gasteiger partial charge in [-0.15, -0.1) is 0 Å². The molecule has 0 radical (unpaired) electrons. The van der Waals surface area contributed by atoms with Crippen LogP contribution in [0.25, 0.3) is 5.69 Å². The number of carbonyl (C=O) groups excluding carboxylic acids is 1. The largest absolute Gasteiger partial charge is 0.462 e. The summed E-state index contributed by atoms with van der Waals surface area (Å²) in [5.41, 5.74) is 4.60. The number of nitriles is 1. The summed E-state index contributed by atoms with van der Waals surface area (Å²) in [7, 11) is 0. The molecule has 0 fully saturated rings. The van der Waals surface area contributed by atoms with Crippen LogP contribution in [0, 0.1) is 11.3 Å². The molecule has 0 aliphatic carbocycles. The Kier molecular flexibility index (Phi) is 6.49. The molecule has 1 aromatic heterocycles. The molecule has 2 aromatic carbocycles. The summed E-state index contributed by atoms with van der Waals surface area (Å²) in [5.74, 6) is -0.356. The molecular formula is C24H23BrN4O3. The van der Waals surface area contributed by atoms with E-state index in [0.717, 1.165) is 27.1 Å². The first-order valence-corrected chi connectivity index (χ1v) is 11.2. The fourth-order valence-electron chi connectivity index (χ4n) is 3.81. The highest BCUT2D eigenvalue weighted by Gasteiger charge is 2.33. The van der Waals surface area contributed by atoms with E-state index in [2.05, 4.69) is 27.3 Å². The van der Waals surface area contributed by atoms with Crippen molar-refractivity contribution in [2.45, 2.75) is 26.7 Å². The Bertz CT molecular complexity index is 1170. The topological polar surface area (TPSA) is 79.5 Å². The van der Waals surface area contributed by atoms with Crippen LogP contribution in [0.3, 0.4) is 0 Å². The number of rotatable bonds is 7. The minimum absolute atomic E-state index is 0.312. The summed E-state index contributed by atoms with van der Waals surface area (Å²) in [4.78, 5) is 14.6. The second-order valence-electron chi connectivity index (χ2n) is 7.19. The van der Waals surface area contributed by atoms with Gasteiger partial charge in [0.1, 0.15) is 11.8 Å². The zero-order valence-corrected chi connectivity index (χ0v) is 19.4. The predicted molar refractivity (Wildman–Crippen MR) is 126 cm³/mol. The number of hydrogen-bond donors (Lipinski definition) is 1. The van der Waals surface area contributed by atoms with Gasteiger partial charge in [0.2, 0.25) is 6.35 Å². The number of nitrogens with one attached hydrogen (secondary N) is 1. The van der Waals surface area contributed by atoms with Gasteiger partial charge in [-0.3, -0.25) is 0 Å². The Morgan fingerprint density at radius 2 is 1.97 bits per heavy atom. The van der Waals surface area contributed by atoms with Crippen LogP contribution < -0.4 is 10.2 Å². The number of halogens is 1. The second-order valence-corrected chi connectivity index (χ2v) is 8.11. The van der Waals surface area contributed by atoms with Crippen LogP contribution >= 0.6 is 15.9 Å². The average molecular weight is 495 g/mol. The lowest BCUT2D eigenvalue weighted by molar-refractivity contribution is 0.0525. The zero-order chi connectivity index (χ0) is 22.7. The van der Waals surface area contributed by atoms with Gasteiger partial charge in [0.05, 0.1) is 23.5 Å². The second kappa shape index (κ2) is 9.47. The zero-order valence-electron chi connectivity index (χ0n) is 17.8.